The van der Waals surface area contributed by atoms with Crippen molar-refractivity contribution in [1.82, 2.24) is 10.2 Å². The molecule has 1 heterocycles. The van der Waals surface area contributed by atoms with Crippen molar-refractivity contribution in [2.45, 2.75) is 52.3 Å². The third-order valence-electron chi connectivity index (χ3n) is 3.01. The van der Waals surface area contributed by atoms with Crippen molar-refractivity contribution < 1.29 is 13.2 Å². The van der Waals surface area contributed by atoms with Crippen LogP contribution in [0.2, 0.25) is 0 Å². The Labute approximate surface area is 127 Å². The summed E-state index contributed by atoms with van der Waals surface area (Å²) in [5, 5.41) is 10.7. The highest BCUT2D eigenvalue weighted by atomic mass is 32.1. The molecule has 1 atom stereocenters. The van der Waals surface area contributed by atoms with Gasteiger partial charge in [-0.1, -0.05) is 26.1 Å². The number of halogens is 3. The highest BCUT2D eigenvalue weighted by molar-refractivity contribution is 7.80. The first-order valence-electron chi connectivity index (χ1n) is 6.71. The second-order valence-electron chi connectivity index (χ2n) is 4.78. The van der Waals surface area contributed by atoms with Crippen molar-refractivity contribution in [1.29, 1.82) is 0 Å². The molecule has 0 aliphatic rings. The topological polar surface area (TPSA) is 63.8 Å². The van der Waals surface area contributed by atoms with Gasteiger partial charge in [-0.15, -0.1) is 5.10 Å². The summed E-state index contributed by atoms with van der Waals surface area (Å²) in [5.74, 6) is 0.216. The number of aryl methyl sites for hydroxylation is 1. The monoisotopic (exact) mass is 320 g/mol. The van der Waals surface area contributed by atoms with Gasteiger partial charge in [0.2, 0.25) is 0 Å². The molecule has 8 heteroatoms. The van der Waals surface area contributed by atoms with E-state index in [-0.39, 0.29) is 10.8 Å². The summed E-state index contributed by atoms with van der Waals surface area (Å²) < 4.78 is 37.2. The molecule has 21 heavy (non-hydrogen) atoms. The fourth-order valence-corrected chi connectivity index (χ4v) is 2.39. The van der Waals surface area contributed by atoms with Crippen molar-refractivity contribution in [3.63, 3.8) is 0 Å². The van der Waals surface area contributed by atoms with Crippen LogP contribution < -0.4 is 11.1 Å². The van der Waals surface area contributed by atoms with Crippen LogP contribution in [0, 0.1) is 0 Å². The van der Waals surface area contributed by atoms with E-state index in [0.29, 0.717) is 18.4 Å². The van der Waals surface area contributed by atoms with Crippen LogP contribution in [0.15, 0.2) is 0 Å². The van der Waals surface area contributed by atoms with Gasteiger partial charge in [0, 0.05) is 6.04 Å². The Bertz CT molecular complexity index is 517. The largest absolute Gasteiger partial charge is 0.391 e. The van der Waals surface area contributed by atoms with Crippen molar-refractivity contribution >= 4 is 23.0 Å². The lowest BCUT2D eigenvalue weighted by Gasteiger charge is -2.20. The fourth-order valence-electron chi connectivity index (χ4n) is 2.17. The zero-order valence-corrected chi connectivity index (χ0v) is 13.0. The van der Waals surface area contributed by atoms with Crippen molar-refractivity contribution in [3.05, 3.63) is 16.8 Å². The Morgan fingerprint density at radius 1 is 1.29 bits per heavy atom. The summed E-state index contributed by atoms with van der Waals surface area (Å²) in [4.78, 5) is 0.109. The summed E-state index contributed by atoms with van der Waals surface area (Å²) in [5.41, 5.74) is 7.81. The Morgan fingerprint density at radius 2 is 1.90 bits per heavy atom. The molecule has 0 amide bonds. The molecule has 0 aliphatic carbocycles. The number of nitrogens with one attached hydrogen (secondary N) is 1. The SMILES string of the molecule is CCc1nnc(NC(C)CC(F)(F)F)c(C(N)=S)c1CC. The zero-order valence-electron chi connectivity index (χ0n) is 12.2. The maximum atomic E-state index is 12.4. The van der Waals surface area contributed by atoms with Crippen LogP contribution in [0.5, 0.6) is 0 Å². The average molecular weight is 320 g/mol. The van der Waals surface area contributed by atoms with Gasteiger partial charge in [-0.3, -0.25) is 0 Å². The minimum absolute atomic E-state index is 0.109. The first-order chi connectivity index (χ1) is 9.69. The number of nitrogens with two attached hydrogens (primary N) is 1. The Morgan fingerprint density at radius 3 is 2.33 bits per heavy atom. The average Bonchev–Trinajstić information content (AvgIpc) is 2.35. The molecule has 0 spiro atoms. The normalized spacial score (nSPS) is 13.0. The highest BCUT2D eigenvalue weighted by Crippen LogP contribution is 2.25. The molecule has 0 saturated heterocycles. The molecule has 118 valence electrons. The first kappa shape index (κ1) is 17.6. The van der Waals surface area contributed by atoms with Gasteiger partial charge in [0.1, 0.15) is 4.99 Å². The van der Waals surface area contributed by atoms with Gasteiger partial charge in [0.15, 0.2) is 5.82 Å². The Hall–Kier alpha value is -1.44. The minimum Gasteiger partial charge on any atom is -0.389 e. The second-order valence-corrected chi connectivity index (χ2v) is 5.22. The van der Waals surface area contributed by atoms with E-state index in [1.54, 1.807) is 0 Å². The molecular weight excluding hydrogens is 301 g/mol. The smallest absolute Gasteiger partial charge is 0.389 e. The molecule has 0 radical (unpaired) electrons. The van der Waals surface area contributed by atoms with Crippen LogP contribution in [0.3, 0.4) is 0 Å². The number of alkyl halides is 3. The van der Waals surface area contributed by atoms with E-state index in [2.05, 4.69) is 15.5 Å². The molecule has 1 aromatic heterocycles. The van der Waals surface area contributed by atoms with Crippen LogP contribution in [-0.4, -0.2) is 27.4 Å². The van der Waals surface area contributed by atoms with Crippen molar-refractivity contribution in [2.24, 2.45) is 5.73 Å². The standard InChI is InChI=1S/C13H19F3N4S/c1-4-8-9(5-2)19-20-12(10(8)11(17)21)18-7(3)6-13(14,15)16/h7H,4-6H2,1-3H3,(H2,17,21)(H,18,20). The molecule has 0 fully saturated rings. The van der Waals surface area contributed by atoms with E-state index >= 15 is 0 Å². The molecule has 0 bridgehead atoms. The van der Waals surface area contributed by atoms with Gasteiger partial charge >= 0.3 is 6.18 Å². The Kier molecular flexibility index (Phi) is 5.88. The van der Waals surface area contributed by atoms with Crippen LogP contribution >= 0.6 is 12.2 Å². The predicted molar refractivity (Wildman–Crippen MR) is 80.4 cm³/mol. The first-order valence-corrected chi connectivity index (χ1v) is 7.11. The quantitative estimate of drug-likeness (QED) is 0.789. The number of anilines is 1. The third-order valence-corrected chi connectivity index (χ3v) is 3.22. The lowest BCUT2D eigenvalue weighted by Crippen LogP contribution is -2.27. The van der Waals surface area contributed by atoms with Gasteiger partial charge in [0.25, 0.3) is 0 Å². The summed E-state index contributed by atoms with van der Waals surface area (Å²) in [6.07, 6.45) is -3.93. The Balaban J connectivity index is 3.15. The number of aromatic nitrogens is 2. The minimum atomic E-state index is -4.25. The van der Waals surface area contributed by atoms with E-state index < -0.39 is 18.6 Å². The summed E-state index contributed by atoms with van der Waals surface area (Å²) in [7, 11) is 0. The molecule has 0 aliphatic heterocycles. The lowest BCUT2D eigenvalue weighted by molar-refractivity contribution is -0.136. The third kappa shape index (κ3) is 4.80. The van der Waals surface area contributed by atoms with Gasteiger partial charge < -0.3 is 11.1 Å². The lowest BCUT2D eigenvalue weighted by atomic mass is 10.0. The van der Waals surface area contributed by atoms with Gasteiger partial charge in [-0.2, -0.15) is 18.3 Å². The van der Waals surface area contributed by atoms with E-state index in [0.717, 1.165) is 11.3 Å². The number of hydrogen-bond acceptors (Lipinski definition) is 4. The summed E-state index contributed by atoms with van der Waals surface area (Å²) in [6, 6.07) is -0.843. The highest BCUT2D eigenvalue weighted by Gasteiger charge is 2.30. The molecule has 0 aromatic carbocycles. The van der Waals surface area contributed by atoms with Gasteiger partial charge in [-0.05, 0) is 25.3 Å². The van der Waals surface area contributed by atoms with Crippen LogP contribution in [0.1, 0.15) is 44.0 Å². The molecule has 1 aromatic rings. The van der Waals surface area contributed by atoms with Gasteiger partial charge in [0.05, 0.1) is 17.7 Å². The molecule has 1 rings (SSSR count). The number of hydrogen-bond donors (Lipinski definition) is 2. The van der Waals surface area contributed by atoms with Crippen LogP contribution in [-0.2, 0) is 12.8 Å². The maximum Gasteiger partial charge on any atom is 0.391 e. The summed E-state index contributed by atoms with van der Waals surface area (Å²) >= 11 is 5.02. The summed E-state index contributed by atoms with van der Waals surface area (Å²) in [6.45, 7) is 5.27. The number of nitrogens with zero attached hydrogens (tertiary/aromatic N) is 2. The number of rotatable bonds is 6. The fraction of sp³-hybridized carbons (Fsp3) is 0.615. The van der Waals surface area contributed by atoms with E-state index in [1.165, 1.54) is 6.92 Å². The molecule has 1 unspecified atom stereocenters. The number of thiocarbonyl (C=S) groups is 1. The predicted octanol–water partition coefficient (Wildman–Crippen LogP) is 2.99. The molecule has 4 nitrogen and oxygen atoms in total. The van der Waals surface area contributed by atoms with Crippen LogP contribution in [0.25, 0.3) is 0 Å². The van der Waals surface area contributed by atoms with E-state index in [9.17, 15) is 13.2 Å². The molecule has 3 N–H and O–H groups in total. The van der Waals surface area contributed by atoms with E-state index in [4.69, 9.17) is 18.0 Å². The van der Waals surface area contributed by atoms with E-state index in [1.807, 2.05) is 13.8 Å². The maximum absolute atomic E-state index is 12.4. The molecular formula is C13H19F3N4S. The molecule has 0 saturated carbocycles. The van der Waals surface area contributed by atoms with Crippen LogP contribution in [0.4, 0.5) is 19.0 Å². The van der Waals surface area contributed by atoms with Gasteiger partial charge in [-0.25, -0.2) is 0 Å². The zero-order chi connectivity index (χ0) is 16.2. The van der Waals surface area contributed by atoms with Crippen molar-refractivity contribution in [3.8, 4) is 0 Å². The van der Waals surface area contributed by atoms with Crippen molar-refractivity contribution in [2.75, 3.05) is 5.32 Å². The second kappa shape index (κ2) is 7.02.